The fraction of sp³-hybridized carbons (Fsp3) is 0.667. The topological polar surface area (TPSA) is 338 Å². The van der Waals surface area contributed by atoms with E-state index < -0.39 is 71.5 Å². The van der Waals surface area contributed by atoms with Crippen molar-refractivity contribution < 1.29 is 137 Å². The van der Waals surface area contributed by atoms with E-state index in [2.05, 4.69) is 0 Å². The van der Waals surface area contributed by atoms with Crippen LogP contribution >= 0.6 is 0 Å². The van der Waals surface area contributed by atoms with Crippen LogP contribution in [0.25, 0.3) is 0 Å². The van der Waals surface area contributed by atoms with Gasteiger partial charge >= 0.3 is 59.1 Å². The van der Waals surface area contributed by atoms with Gasteiger partial charge in [0.15, 0.2) is 0 Å². The van der Waals surface area contributed by atoms with Gasteiger partial charge in [0.25, 0.3) is 40.5 Å². The van der Waals surface area contributed by atoms with Gasteiger partial charge in [0.05, 0.1) is 32.8 Å². The van der Waals surface area contributed by atoms with Crippen LogP contribution in [0.15, 0.2) is 46.2 Å². The zero-order chi connectivity index (χ0) is 47.3. The Morgan fingerprint density at radius 2 is 0.750 bits per heavy atom. The summed E-state index contributed by atoms with van der Waals surface area (Å²) in [4.78, 5) is 3.30. The number of nitrogens with zero attached hydrogens (tertiary/aromatic N) is 2. The molecule has 4 unspecified atom stereocenters. The SMILES string of the molecule is CC1N(CCCCS(=O)(=O)O)c2ccc(S(=O)(=O)[O-])cc2C1(C)CCCCS(=O)(=O)O.CC1N(CCCCS(=O)(=O)O)c2ccc(S(=O)(=O)[O-])cc2C1(C)CCCCS(=O)(=O)O.[Na+].[Na+]. The van der Waals surface area contributed by atoms with Gasteiger partial charge in [-0.05, 0) is 113 Å². The van der Waals surface area contributed by atoms with Crippen LogP contribution in [-0.2, 0) is 71.5 Å². The Balaban J connectivity index is 0.000000621. The molecule has 20 nitrogen and oxygen atoms in total. The van der Waals surface area contributed by atoms with E-state index in [1.807, 2.05) is 37.5 Å². The second-order valence-electron chi connectivity index (χ2n) is 16.3. The summed E-state index contributed by atoms with van der Waals surface area (Å²) in [6.45, 7) is 8.57. The molecule has 28 heteroatoms. The largest absolute Gasteiger partial charge is 1.00 e. The molecule has 4 atom stereocenters. The van der Waals surface area contributed by atoms with Crippen LogP contribution in [0.4, 0.5) is 11.4 Å². The Morgan fingerprint density at radius 1 is 0.484 bits per heavy atom. The minimum atomic E-state index is -4.67. The maximum absolute atomic E-state index is 11.5. The number of anilines is 2. The molecule has 0 bridgehead atoms. The van der Waals surface area contributed by atoms with Crippen molar-refractivity contribution in [3.8, 4) is 0 Å². The third-order valence-electron chi connectivity index (χ3n) is 11.9. The molecule has 0 spiro atoms. The standard InChI is InChI=1S/2C18H29NO9S3.2Na/c2*1-14-18(2,9-3-5-11-29(20,21)22)16-13-15(31(26,27)28)7-8-17(16)19(14)10-4-6-12-30(23,24)25;;/h2*7-8,13-14H,3-6,9-12H2,1-2H3,(H,20,21,22)(H,23,24,25)(H,26,27,28);;/q;;2*+1/p-2. The van der Waals surface area contributed by atoms with Crippen LogP contribution < -0.4 is 68.9 Å². The van der Waals surface area contributed by atoms with E-state index >= 15 is 0 Å². The zero-order valence-corrected chi connectivity index (χ0v) is 45.7. The van der Waals surface area contributed by atoms with E-state index in [0.29, 0.717) is 62.7 Å². The quantitative estimate of drug-likeness (QED) is 0.0541. The van der Waals surface area contributed by atoms with Gasteiger partial charge in [-0.15, -0.1) is 0 Å². The predicted octanol–water partition coefficient (Wildman–Crippen LogP) is -2.43. The molecule has 4 rings (SSSR count). The second kappa shape index (κ2) is 23.9. The summed E-state index contributed by atoms with van der Waals surface area (Å²) in [5.74, 6) is -1.47. The summed E-state index contributed by atoms with van der Waals surface area (Å²) in [5, 5.41) is 0. The molecule has 0 fully saturated rings. The van der Waals surface area contributed by atoms with Gasteiger partial charge in [-0.2, -0.15) is 33.7 Å². The van der Waals surface area contributed by atoms with Crippen molar-refractivity contribution in [3.05, 3.63) is 47.5 Å². The average Bonchev–Trinajstić information content (AvgIpc) is 3.45. The van der Waals surface area contributed by atoms with E-state index in [1.165, 1.54) is 24.3 Å². The molecule has 64 heavy (non-hydrogen) atoms. The first-order chi connectivity index (χ1) is 28.1. The Hall–Kier alpha value is -0.500. The van der Waals surface area contributed by atoms with Gasteiger partial charge in [-0.25, -0.2) is 16.8 Å². The third kappa shape index (κ3) is 18.1. The molecule has 0 aromatic heterocycles. The smallest absolute Gasteiger partial charge is 0.744 e. The predicted molar refractivity (Wildman–Crippen MR) is 229 cm³/mol. The monoisotopic (exact) mass is 1040 g/mol. The fourth-order valence-corrected chi connectivity index (χ4v) is 11.6. The Morgan fingerprint density at radius 3 is 1.00 bits per heavy atom. The van der Waals surface area contributed by atoms with Crippen LogP contribution in [0.2, 0.25) is 0 Å². The van der Waals surface area contributed by atoms with Crippen molar-refractivity contribution in [2.75, 3.05) is 45.9 Å². The molecule has 0 radical (unpaired) electrons. The van der Waals surface area contributed by atoms with Crippen LogP contribution in [0.3, 0.4) is 0 Å². The summed E-state index contributed by atoms with van der Waals surface area (Å²) in [6.07, 6.45) is 3.74. The van der Waals surface area contributed by atoms with Crippen molar-refractivity contribution in [2.45, 2.75) is 125 Å². The molecule has 0 saturated heterocycles. The molecule has 2 aliphatic heterocycles. The molecule has 2 heterocycles. The van der Waals surface area contributed by atoms with Crippen LogP contribution in [0.5, 0.6) is 0 Å². The van der Waals surface area contributed by atoms with Crippen LogP contribution in [-0.4, -0.2) is 126 Å². The van der Waals surface area contributed by atoms with Gasteiger partial charge in [0.1, 0.15) is 20.2 Å². The number of rotatable bonds is 22. The van der Waals surface area contributed by atoms with Gasteiger partial charge in [-0.1, -0.05) is 26.7 Å². The van der Waals surface area contributed by atoms with Gasteiger partial charge in [0, 0.05) is 47.4 Å². The first-order valence-corrected chi connectivity index (χ1v) is 28.9. The molecular weight excluding hydrogens is 987 g/mol. The number of hydrogen-bond acceptors (Lipinski definition) is 16. The number of unbranched alkanes of at least 4 members (excludes halogenated alkanes) is 4. The first kappa shape index (κ1) is 61.5. The molecule has 2 aliphatic rings. The molecule has 2 aromatic rings. The van der Waals surface area contributed by atoms with Crippen molar-refractivity contribution in [1.29, 1.82) is 0 Å². The number of hydrogen-bond donors (Lipinski definition) is 4. The Bertz CT molecular complexity index is 2420. The van der Waals surface area contributed by atoms with Crippen molar-refractivity contribution in [3.63, 3.8) is 0 Å². The zero-order valence-electron chi connectivity index (χ0n) is 36.8. The average molecular weight is 1040 g/mol. The molecule has 2 aromatic carbocycles. The summed E-state index contributed by atoms with van der Waals surface area (Å²) in [5.41, 5.74) is 1.56. The van der Waals surface area contributed by atoms with E-state index in [9.17, 15) is 59.6 Å². The van der Waals surface area contributed by atoms with Gasteiger partial charge in [0.2, 0.25) is 0 Å². The summed E-state index contributed by atoms with van der Waals surface area (Å²) in [6, 6.07) is 8.01. The molecule has 0 aliphatic carbocycles. The summed E-state index contributed by atoms with van der Waals surface area (Å²) < 4.78 is 193. The van der Waals surface area contributed by atoms with Crippen molar-refractivity contribution >= 4 is 72.1 Å². The summed E-state index contributed by atoms with van der Waals surface area (Å²) >= 11 is 0. The first-order valence-electron chi connectivity index (χ1n) is 19.6. The minimum absolute atomic E-state index is 0. The maximum atomic E-state index is 11.5. The third-order valence-corrected chi connectivity index (χ3v) is 16.8. The molecular formula is C36H56N2Na2O18S6. The Labute approximate surface area is 422 Å². The molecule has 0 saturated carbocycles. The molecule has 4 N–H and O–H groups in total. The Kier molecular flexibility index (Phi) is 23.0. The van der Waals surface area contributed by atoms with E-state index in [1.54, 1.807) is 12.1 Å². The van der Waals surface area contributed by atoms with Crippen LogP contribution in [0, 0.1) is 0 Å². The van der Waals surface area contributed by atoms with E-state index in [-0.39, 0.29) is 130 Å². The fourth-order valence-electron chi connectivity index (χ4n) is 8.31. The van der Waals surface area contributed by atoms with E-state index in [0.717, 1.165) is 11.4 Å². The van der Waals surface area contributed by atoms with Crippen LogP contribution in [0.1, 0.15) is 103 Å². The van der Waals surface area contributed by atoms with Gasteiger partial charge in [-0.3, -0.25) is 18.2 Å². The van der Waals surface area contributed by atoms with Crippen molar-refractivity contribution in [1.82, 2.24) is 0 Å². The van der Waals surface area contributed by atoms with Gasteiger partial charge < -0.3 is 18.9 Å². The minimum Gasteiger partial charge on any atom is -0.744 e. The summed E-state index contributed by atoms with van der Waals surface area (Å²) in [7, 11) is -25.6. The maximum Gasteiger partial charge on any atom is 1.00 e. The second-order valence-corrected chi connectivity index (χ2v) is 25.4. The molecule has 0 amide bonds. The van der Waals surface area contributed by atoms with E-state index in [4.69, 9.17) is 18.2 Å². The number of fused-ring (bicyclic) bond motifs is 2. The van der Waals surface area contributed by atoms with Crippen molar-refractivity contribution in [2.24, 2.45) is 0 Å². The normalized spacial score (nSPS) is 21.3. The molecule has 356 valence electrons. The number of benzene rings is 2.